The smallest absolute Gasteiger partial charge is 0.326 e. The highest BCUT2D eigenvalue weighted by atomic mass is 16.4. The predicted molar refractivity (Wildman–Crippen MR) is 92.6 cm³/mol. The van der Waals surface area contributed by atoms with Crippen LogP contribution in [0.2, 0.25) is 0 Å². The molecule has 1 unspecified atom stereocenters. The first-order valence-electron chi connectivity index (χ1n) is 8.69. The van der Waals surface area contributed by atoms with E-state index in [0.717, 1.165) is 12.8 Å². The summed E-state index contributed by atoms with van der Waals surface area (Å²) in [5.74, 6) is -1.93. The average molecular weight is 364 g/mol. The number of carboxylic acids is 1. The lowest BCUT2D eigenvalue weighted by molar-refractivity contribution is -0.143. The molecule has 1 fully saturated rings. The molecule has 9 nitrogen and oxygen atoms in total. The first kappa shape index (κ1) is 19.6. The maximum absolute atomic E-state index is 12.7. The highest BCUT2D eigenvalue weighted by Crippen LogP contribution is 2.20. The molecular formula is C17H24N4O5. The highest BCUT2D eigenvalue weighted by molar-refractivity contribution is 5.96. The lowest BCUT2D eigenvalue weighted by Gasteiger charge is -2.35. The van der Waals surface area contributed by atoms with Crippen LogP contribution in [-0.4, -0.2) is 56.6 Å². The minimum absolute atomic E-state index is 0.0428. The molecular weight excluding hydrogens is 340 g/mol. The first-order chi connectivity index (χ1) is 12.3. The summed E-state index contributed by atoms with van der Waals surface area (Å²) in [5, 5.41) is 17.8. The molecule has 0 saturated carbocycles. The molecule has 0 bridgehead atoms. The lowest BCUT2D eigenvalue weighted by Crippen LogP contribution is -2.55. The van der Waals surface area contributed by atoms with Crippen molar-refractivity contribution in [2.45, 2.75) is 51.6 Å². The van der Waals surface area contributed by atoms with Gasteiger partial charge in [-0.1, -0.05) is 13.8 Å². The summed E-state index contributed by atoms with van der Waals surface area (Å²) in [6, 6.07) is 0.762. The van der Waals surface area contributed by atoms with Crippen molar-refractivity contribution in [3.63, 3.8) is 0 Å². The molecule has 142 valence electrons. The largest absolute Gasteiger partial charge is 0.480 e. The third-order valence-electron chi connectivity index (χ3n) is 4.29. The van der Waals surface area contributed by atoms with Gasteiger partial charge in [-0.2, -0.15) is 5.10 Å². The van der Waals surface area contributed by atoms with Gasteiger partial charge in [0.05, 0.1) is 0 Å². The summed E-state index contributed by atoms with van der Waals surface area (Å²) in [6.07, 6.45) is 2.27. The number of nitrogens with zero attached hydrogens (tertiary/aromatic N) is 2. The molecule has 1 aliphatic rings. The number of aromatic amines is 1. The van der Waals surface area contributed by atoms with Gasteiger partial charge in [-0.05, 0) is 37.7 Å². The second-order valence-electron chi connectivity index (χ2n) is 6.85. The van der Waals surface area contributed by atoms with Gasteiger partial charge >= 0.3 is 5.97 Å². The van der Waals surface area contributed by atoms with Gasteiger partial charge in [0.1, 0.15) is 17.8 Å². The number of aliphatic carboxylic acids is 1. The van der Waals surface area contributed by atoms with Gasteiger partial charge < -0.3 is 15.3 Å². The molecule has 1 aromatic rings. The molecule has 2 atom stereocenters. The van der Waals surface area contributed by atoms with Crippen LogP contribution in [0.5, 0.6) is 0 Å². The quantitative estimate of drug-likeness (QED) is 0.668. The van der Waals surface area contributed by atoms with Crippen LogP contribution in [0.25, 0.3) is 0 Å². The number of amides is 2. The fraction of sp³-hybridized carbons (Fsp3) is 0.588. The van der Waals surface area contributed by atoms with Crippen LogP contribution in [0.1, 0.15) is 50.0 Å². The van der Waals surface area contributed by atoms with Crippen molar-refractivity contribution < 1.29 is 19.5 Å². The maximum atomic E-state index is 12.7. The summed E-state index contributed by atoms with van der Waals surface area (Å²) < 4.78 is 0. The topological polar surface area (TPSA) is 132 Å². The molecule has 0 spiro atoms. The van der Waals surface area contributed by atoms with Crippen molar-refractivity contribution in [3.05, 3.63) is 28.2 Å². The second kappa shape index (κ2) is 8.59. The summed E-state index contributed by atoms with van der Waals surface area (Å²) in [4.78, 5) is 49.2. The molecule has 3 N–H and O–H groups in total. The Labute approximate surface area is 150 Å². The number of nitrogens with one attached hydrogen (secondary N) is 2. The molecule has 1 aliphatic heterocycles. The van der Waals surface area contributed by atoms with E-state index in [2.05, 4.69) is 15.5 Å². The first-order valence-corrected chi connectivity index (χ1v) is 8.69. The van der Waals surface area contributed by atoms with E-state index < -0.39 is 35.4 Å². The number of H-pyrrole nitrogens is 1. The fourth-order valence-corrected chi connectivity index (χ4v) is 3.02. The molecule has 9 heteroatoms. The van der Waals surface area contributed by atoms with Gasteiger partial charge in [-0.25, -0.2) is 9.89 Å². The van der Waals surface area contributed by atoms with Crippen molar-refractivity contribution >= 4 is 17.8 Å². The predicted octanol–water partition coefficient (Wildman–Crippen LogP) is 0.380. The van der Waals surface area contributed by atoms with Gasteiger partial charge in [-0.15, -0.1) is 0 Å². The number of rotatable bonds is 6. The summed E-state index contributed by atoms with van der Waals surface area (Å²) >= 11 is 0. The number of hydrogen-bond donors (Lipinski definition) is 3. The van der Waals surface area contributed by atoms with Gasteiger partial charge in [0, 0.05) is 12.6 Å². The van der Waals surface area contributed by atoms with Gasteiger partial charge in [0.2, 0.25) is 5.91 Å². The Morgan fingerprint density at radius 2 is 2.08 bits per heavy atom. The SMILES string of the molecule is CC(C)C[C@@H](NC(=O)C1CCCCN1C(=O)c1ccc(=O)[nH]n1)C(=O)O. The van der Waals surface area contributed by atoms with E-state index in [4.69, 9.17) is 0 Å². The summed E-state index contributed by atoms with van der Waals surface area (Å²) in [6.45, 7) is 4.13. The number of likely N-dealkylation sites (tertiary alicyclic amines) is 1. The molecule has 2 heterocycles. The van der Waals surface area contributed by atoms with E-state index in [1.54, 1.807) is 0 Å². The zero-order valence-corrected chi connectivity index (χ0v) is 14.9. The van der Waals surface area contributed by atoms with Crippen molar-refractivity contribution in [1.82, 2.24) is 20.4 Å². The fourth-order valence-electron chi connectivity index (χ4n) is 3.02. The minimum Gasteiger partial charge on any atom is -0.480 e. The van der Waals surface area contributed by atoms with E-state index in [1.807, 2.05) is 13.8 Å². The normalized spacial score (nSPS) is 18.4. The molecule has 2 rings (SSSR count). The van der Waals surface area contributed by atoms with E-state index in [1.165, 1.54) is 17.0 Å². The number of carbonyl (C=O) groups is 3. The number of piperidine rings is 1. The van der Waals surface area contributed by atoms with Crippen LogP contribution in [0.3, 0.4) is 0 Å². The molecule has 2 amide bonds. The third kappa shape index (κ3) is 4.90. The van der Waals surface area contributed by atoms with Gasteiger partial charge in [-0.3, -0.25) is 14.4 Å². The minimum atomic E-state index is -1.09. The molecule has 0 radical (unpaired) electrons. The van der Waals surface area contributed by atoms with E-state index in [9.17, 15) is 24.3 Å². The Kier molecular flexibility index (Phi) is 6.48. The molecule has 0 aromatic carbocycles. The number of carbonyl (C=O) groups excluding carboxylic acids is 2. The maximum Gasteiger partial charge on any atom is 0.326 e. The Morgan fingerprint density at radius 1 is 1.35 bits per heavy atom. The van der Waals surface area contributed by atoms with Crippen molar-refractivity contribution in [3.8, 4) is 0 Å². The zero-order chi connectivity index (χ0) is 19.3. The molecule has 0 aliphatic carbocycles. The van der Waals surface area contributed by atoms with E-state index in [-0.39, 0.29) is 11.6 Å². The number of carboxylic acid groups (broad SMARTS) is 1. The van der Waals surface area contributed by atoms with Crippen LogP contribution in [0.4, 0.5) is 0 Å². The Balaban J connectivity index is 2.15. The van der Waals surface area contributed by atoms with Crippen LogP contribution in [0, 0.1) is 5.92 Å². The van der Waals surface area contributed by atoms with Crippen LogP contribution in [-0.2, 0) is 9.59 Å². The standard InChI is InChI=1S/C17H24N4O5/c1-10(2)9-12(17(25)26)18-15(23)13-5-3-4-8-21(13)16(24)11-6-7-14(22)20-19-11/h6-7,10,12-13H,3-5,8-9H2,1-2H3,(H,18,23)(H,20,22)(H,25,26)/t12-,13?/m1/s1. The van der Waals surface area contributed by atoms with Gasteiger partial charge in [0.15, 0.2) is 0 Å². The number of aromatic nitrogens is 2. The monoisotopic (exact) mass is 364 g/mol. The lowest BCUT2D eigenvalue weighted by atomic mass is 9.99. The molecule has 1 saturated heterocycles. The van der Waals surface area contributed by atoms with E-state index in [0.29, 0.717) is 19.4 Å². The third-order valence-corrected chi connectivity index (χ3v) is 4.29. The Bertz CT molecular complexity index is 710. The van der Waals surface area contributed by atoms with Crippen molar-refractivity contribution in [2.75, 3.05) is 6.54 Å². The Hall–Kier alpha value is -2.71. The van der Waals surface area contributed by atoms with Crippen LogP contribution < -0.4 is 10.9 Å². The van der Waals surface area contributed by atoms with Gasteiger partial charge in [0.25, 0.3) is 11.5 Å². The number of hydrogen-bond acceptors (Lipinski definition) is 5. The van der Waals surface area contributed by atoms with Crippen molar-refractivity contribution in [1.29, 1.82) is 0 Å². The van der Waals surface area contributed by atoms with Crippen LogP contribution in [0.15, 0.2) is 16.9 Å². The Morgan fingerprint density at radius 3 is 2.65 bits per heavy atom. The van der Waals surface area contributed by atoms with Crippen molar-refractivity contribution in [2.24, 2.45) is 5.92 Å². The van der Waals surface area contributed by atoms with E-state index >= 15 is 0 Å². The highest BCUT2D eigenvalue weighted by Gasteiger charge is 2.35. The second-order valence-corrected chi connectivity index (χ2v) is 6.85. The van der Waals surface area contributed by atoms with Crippen LogP contribution >= 0.6 is 0 Å². The zero-order valence-electron chi connectivity index (χ0n) is 14.9. The summed E-state index contributed by atoms with van der Waals surface area (Å²) in [7, 11) is 0. The molecule has 1 aromatic heterocycles. The molecule has 26 heavy (non-hydrogen) atoms. The average Bonchev–Trinajstić information content (AvgIpc) is 2.60. The summed E-state index contributed by atoms with van der Waals surface area (Å²) in [5.41, 5.74) is -0.381.